The van der Waals surface area contributed by atoms with Crippen molar-refractivity contribution >= 4 is 5.69 Å². The van der Waals surface area contributed by atoms with E-state index in [1.54, 1.807) is 0 Å². The van der Waals surface area contributed by atoms with Gasteiger partial charge in [0.2, 0.25) is 0 Å². The number of anilines is 1. The van der Waals surface area contributed by atoms with Gasteiger partial charge >= 0.3 is 0 Å². The highest BCUT2D eigenvalue weighted by molar-refractivity contribution is 5.50. The van der Waals surface area contributed by atoms with Gasteiger partial charge in [-0.25, -0.2) is 0 Å². The maximum absolute atomic E-state index is 5.69. The van der Waals surface area contributed by atoms with E-state index in [1.807, 2.05) is 12.1 Å². The first-order valence-electron chi connectivity index (χ1n) is 4.83. The Balaban J connectivity index is 2.40. The molecule has 0 aromatic heterocycles. The van der Waals surface area contributed by atoms with E-state index < -0.39 is 0 Å². The number of ether oxygens (including phenoxy) is 1. The van der Waals surface area contributed by atoms with Gasteiger partial charge in [0, 0.05) is 11.8 Å². The predicted octanol–water partition coefficient (Wildman–Crippen LogP) is 2.54. The molecule has 1 atom stereocenters. The van der Waals surface area contributed by atoms with Crippen LogP contribution in [0.15, 0.2) is 18.2 Å². The van der Waals surface area contributed by atoms with Gasteiger partial charge in [-0.3, -0.25) is 0 Å². The fourth-order valence-electron chi connectivity index (χ4n) is 1.90. The van der Waals surface area contributed by atoms with Crippen molar-refractivity contribution in [2.75, 3.05) is 12.3 Å². The summed E-state index contributed by atoms with van der Waals surface area (Å²) in [5.74, 6) is 1.64. The van der Waals surface area contributed by atoms with Crippen molar-refractivity contribution in [3.63, 3.8) is 0 Å². The van der Waals surface area contributed by atoms with Crippen LogP contribution in [0.25, 0.3) is 0 Å². The number of hydrogen-bond acceptors (Lipinski definition) is 2. The molecule has 0 saturated heterocycles. The summed E-state index contributed by atoms with van der Waals surface area (Å²) >= 11 is 0. The first-order valence-corrected chi connectivity index (χ1v) is 4.83. The Labute approximate surface area is 78.7 Å². The molecule has 13 heavy (non-hydrogen) atoms. The summed E-state index contributed by atoms with van der Waals surface area (Å²) in [6, 6.07) is 5.98. The van der Waals surface area contributed by atoms with Crippen LogP contribution in [-0.4, -0.2) is 6.61 Å². The number of hydrogen-bond donors (Lipinski definition) is 1. The second-order valence-electron chi connectivity index (χ2n) is 3.54. The summed E-state index contributed by atoms with van der Waals surface area (Å²) in [6.45, 7) is 3.05. The van der Waals surface area contributed by atoms with E-state index in [1.165, 1.54) is 12.0 Å². The predicted molar refractivity (Wildman–Crippen MR) is 54.0 cm³/mol. The Hall–Kier alpha value is -1.18. The molecule has 0 fully saturated rings. The van der Waals surface area contributed by atoms with E-state index in [-0.39, 0.29) is 0 Å². The molecule has 0 amide bonds. The zero-order chi connectivity index (χ0) is 9.26. The van der Waals surface area contributed by atoms with Crippen molar-refractivity contribution in [3.8, 4) is 5.75 Å². The molecule has 1 aliphatic rings. The molecule has 1 heterocycles. The zero-order valence-corrected chi connectivity index (χ0v) is 7.92. The van der Waals surface area contributed by atoms with Crippen LogP contribution in [0.3, 0.4) is 0 Å². The summed E-state index contributed by atoms with van der Waals surface area (Å²) in [6.07, 6.45) is 2.31. The van der Waals surface area contributed by atoms with E-state index >= 15 is 0 Å². The lowest BCUT2D eigenvalue weighted by molar-refractivity contribution is 0.265. The molecule has 70 valence electrons. The van der Waals surface area contributed by atoms with Gasteiger partial charge in [0.15, 0.2) is 0 Å². The van der Waals surface area contributed by atoms with E-state index in [4.69, 9.17) is 10.5 Å². The van der Waals surface area contributed by atoms with Gasteiger partial charge in [0.05, 0.1) is 6.61 Å². The molecule has 2 rings (SSSR count). The molecule has 0 spiro atoms. The van der Waals surface area contributed by atoms with E-state index in [0.29, 0.717) is 5.92 Å². The van der Waals surface area contributed by atoms with Crippen LogP contribution in [0, 0.1) is 0 Å². The third-order valence-corrected chi connectivity index (χ3v) is 2.69. The minimum Gasteiger partial charge on any atom is -0.493 e. The molecular formula is C11H15NO. The number of nitrogen functional groups attached to an aromatic ring is 1. The standard InChI is InChI=1S/C11H15NO/c1-2-8-5-6-13-11-7-9(12)3-4-10(8)11/h3-4,7-8H,2,5-6,12H2,1H3. The molecule has 0 aliphatic carbocycles. The molecule has 1 aliphatic heterocycles. The smallest absolute Gasteiger partial charge is 0.124 e. The summed E-state index contributed by atoms with van der Waals surface area (Å²) in [5.41, 5.74) is 7.80. The maximum atomic E-state index is 5.69. The average Bonchev–Trinajstić information content (AvgIpc) is 2.16. The van der Waals surface area contributed by atoms with Gasteiger partial charge in [0.25, 0.3) is 0 Å². The lowest BCUT2D eigenvalue weighted by Crippen LogP contribution is -2.13. The largest absolute Gasteiger partial charge is 0.493 e. The Morgan fingerprint density at radius 1 is 1.54 bits per heavy atom. The topological polar surface area (TPSA) is 35.2 Å². The first-order chi connectivity index (χ1) is 6.31. The third kappa shape index (κ3) is 1.48. The number of nitrogens with two attached hydrogens (primary N) is 1. The van der Waals surface area contributed by atoms with Gasteiger partial charge in [-0.05, 0) is 30.4 Å². The molecule has 2 heteroatoms. The fraction of sp³-hybridized carbons (Fsp3) is 0.455. The van der Waals surface area contributed by atoms with Crippen molar-refractivity contribution in [3.05, 3.63) is 23.8 Å². The normalized spacial score (nSPS) is 20.5. The highest BCUT2D eigenvalue weighted by Gasteiger charge is 2.19. The van der Waals surface area contributed by atoms with Crippen LogP contribution in [0.5, 0.6) is 5.75 Å². The zero-order valence-electron chi connectivity index (χ0n) is 7.92. The first kappa shape index (κ1) is 8.42. The molecule has 1 unspecified atom stereocenters. The molecule has 0 bridgehead atoms. The summed E-state index contributed by atoms with van der Waals surface area (Å²) < 4.78 is 5.56. The van der Waals surface area contributed by atoms with Crippen LogP contribution in [0.2, 0.25) is 0 Å². The van der Waals surface area contributed by atoms with E-state index in [0.717, 1.165) is 24.5 Å². The monoisotopic (exact) mass is 177 g/mol. The Kier molecular flexibility index (Phi) is 2.13. The summed E-state index contributed by atoms with van der Waals surface area (Å²) in [4.78, 5) is 0. The van der Waals surface area contributed by atoms with Crippen LogP contribution >= 0.6 is 0 Å². The Bertz CT molecular complexity index is 309. The highest BCUT2D eigenvalue weighted by Crippen LogP contribution is 2.36. The molecule has 1 aromatic carbocycles. The second kappa shape index (κ2) is 3.29. The minimum absolute atomic E-state index is 0.657. The number of fused-ring (bicyclic) bond motifs is 1. The highest BCUT2D eigenvalue weighted by atomic mass is 16.5. The molecule has 2 nitrogen and oxygen atoms in total. The molecule has 0 saturated carbocycles. The Morgan fingerprint density at radius 3 is 3.15 bits per heavy atom. The van der Waals surface area contributed by atoms with Crippen LogP contribution in [0.1, 0.15) is 31.2 Å². The van der Waals surface area contributed by atoms with Gasteiger partial charge in [-0.2, -0.15) is 0 Å². The number of benzene rings is 1. The van der Waals surface area contributed by atoms with Crippen molar-refractivity contribution in [2.45, 2.75) is 25.7 Å². The molecular weight excluding hydrogens is 162 g/mol. The van der Waals surface area contributed by atoms with Crippen LogP contribution < -0.4 is 10.5 Å². The minimum atomic E-state index is 0.657. The van der Waals surface area contributed by atoms with Crippen molar-refractivity contribution in [2.24, 2.45) is 0 Å². The lowest BCUT2D eigenvalue weighted by Gasteiger charge is -2.25. The van der Waals surface area contributed by atoms with Crippen molar-refractivity contribution in [1.82, 2.24) is 0 Å². The van der Waals surface area contributed by atoms with Crippen molar-refractivity contribution < 1.29 is 4.74 Å². The molecule has 2 N–H and O–H groups in total. The summed E-state index contributed by atoms with van der Waals surface area (Å²) in [5, 5.41) is 0. The van der Waals surface area contributed by atoms with Gasteiger partial charge in [-0.15, -0.1) is 0 Å². The maximum Gasteiger partial charge on any atom is 0.124 e. The lowest BCUT2D eigenvalue weighted by atomic mass is 9.91. The fourth-order valence-corrected chi connectivity index (χ4v) is 1.90. The van der Waals surface area contributed by atoms with E-state index in [9.17, 15) is 0 Å². The second-order valence-corrected chi connectivity index (χ2v) is 3.54. The van der Waals surface area contributed by atoms with Crippen LogP contribution in [0.4, 0.5) is 5.69 Å². The number of rotatable bonds is 1. The molecule has 1 aromatic rings. The quantitative estimate of drug-likeness (QED) is 0.669. The van der Waals surface area contributed by atoms with E-state index in [2.05, 4.69) is 13.0 Å². The third-order valence-electron chi connectivity index (χ3n) is 2.69. The summed E-state index contributed by atoms with van der Waals surface area (Å²) in [7, 11) is 0. The SMILES string of the molecule is CCC1CCOc2cc(N)ccc21. The van der Waals surface area contributed by atoms with Gasteiger partial charge < -0.3 is 10.5 Å². The van der Waals surface area contributed by atoms with Gasteiger partial charge in [-0.1, -0.05) is 13.0 Å². The van der Waals surface area contributed by atoms with Crippen LogP contribution in [-0.2, 0) is 0 Å². The van der Waals surface area contributed by atoms with Gasteiger partial charge in [0.1, 0.15) is 5.75 Å². The Morgan fingerprint density at radius 2 is 2.38 bits per heavy atom. The molecule has 0 radical (unpaired) electrons. The average molecular weight is 177 g/mol. The van der Waals surface area contributed by atoms with Crippen molar-refractivity contribution in [1.29, 1.82) is 0 Å².